The second kappa shape index (κ2) is 12.5. The Morgan fingerprint density at radius 1 is 1.10 bits per heavy atom. The molecule has 1 fully saturated rings. The van der Waals surface area contributed by atoms with Crippen molar-refractivity contribution in [3.63, 3.8) is 0 Å². The lowest BCUT2D eigenvalue weighted by Gasteiger charge is -2.49. The second-order valence-electron chi connectivity index (χ2n) is 14.8. The predicted octanol–water partition coefficient (Wildman–Crippen LogP) is 5.26. The number of nitrogen functional groups attached to an aromatic ring is 1. The zero-order valence-electron chi connectivity index (χ0n) is 30.4. The molecule has 2 bridgehead atoms. The molecule has 3 aromatic carbocycles. The first-order chi connectivity index (χ1) is 24.5. The molecule has 0 aliphatic carbocycles. The average molecular weight is 715 g/mol. The predicted molar refractivity (Wildman–Crippen MR) is 198 cm³/mol. The number of benzene rings is 3. The fraction of sp³-hybridized carbons (Fsp3) is 0.462. The number of nitrogens with two attached hydrogens (primary N) is 1. The molecule has 270 valence electrons. The molecule has 0 radical (unpaired) electrons. The van der Waals surface area contributed by atoms with Crippen LogP contribution in [0.5, 0.6) is 28.7 Å². The topological polar surface area (TPSA) is 119 Å². The van der Waals surface area contributed by atoms with E-state index >= 15 is 0 Å². The fourth-order valence-corrected chi connectivity index (χ4v) is 11.4. The molecule has 0 saturated carbocycles. The number of likely N-dealkylation sites (N-methyl/N-ethyl adjacent to an activating group) is 3. The summed E-state index contributed by atoms with van der Waals surface area (Å²) >= 11 is 1.91. The number of quaternary nitrogens is 1. The van der Waals surface area contributed by atoms with E-state index in [1.54, 1.807) is 7.11 Å². The molecule has 51 heavy (non-hydrogen) atoms. The van der Waals surface area contributed by atoms with E-state index in [-0.39, 0.29) is 47.9 Å². The van der Waals surface area contributed by atoms with Crippen molar-refractivity contribution in [3.05, 3.63) is 75.5 Å². The molecule has 4 N–H and O–H groups in total. The Bertz CT molecular complexity index is 1950. The highest BCUT2D eigenvalue weighted by molar-refractivity contribution is 7.99. The Hall–Kier alpha value is -4.10. The maximum atomic E-state index is 12.8. The monoisotopic (exact) mass is 714 g/mol. The summed E-state index contributed by atoms with van der Waals surface area (Å²) in [5, 5.41) is 15.3. The van der Waals surface area contributed by atoms with Gasteiger partial charge in [0.2, 0.25) is 6.79 Å². The first-order valence-electron chi connectivity index (χ1n) is 17.7. The quantitative estimate of drug-likeness (QED) is 0.139. The Morgan fingerprint density at radius 2 is 1.84 bits per heavy atom. The maximum Gasteiger partial charge on any atom is 0.308 e. The summed E-state index contributed by atoms with van der Waals surface area (Å²) in [5.41, 5.74) is 15.2. The number of hydrogen-bond acceptors (Lipinski definition) is 11. The van der Waals surface area contributed by atoms with E-state index in [0.29, 0.717) is 23.9 Å². The van der Waals surface area contributed by atoms with Crippen molar-refractivity contribution >= 4 is 29.0 Å². The number of rotatable bonds is 5. The van der Waals surface area contributed by atoms with Crippen molar-refractivity contribution in [3.8, 4) is 28.7 Å². The van der Waals surface area contributed by atoms with Gasteiger partial charge in [-0.25, -0.2) is 0 Å². The number of hydrogen-bond donors (Lipinski definition) is 3. The lowest BCUT2D eigenvalue weighted by Crippen LogP contribution is -2.61. The zero-order chi connectivity index (χ0) is 35.9. The highest BCUT2D eigenvalue weighted by Crippen LogP contribution is 2.63. The Balaban J connectivity index is 1.36. The van der Waals surface area contributed by atoms with Crippen LogP contribution in [0.3, 0.4) is 0 Å². The van der Waals surface area contributed by atoms with E-state index in [4.69, 9.17) is 24.7 Å². The lowest BCUT2D eigenvalue weighted by atomic mass is 9.80. The number of phenolic OH excluding ortho intramolecular Hbond substituents is 1. The Kier molecular flexibility index (Phi) is 8.36. The van der Waals surface area contributed by atoms with Gasteiger partial charge in [-0.05, 0) is 49.7 Å². The molecule has 3 aromatic rings. The zero-order valence-corrected chi connectivity index (χ0v) is 31.2. The Morgan fingerprint density at radius 3 is 2.55 bits per heavy atom. The first kappa shape index (κ1) is 34.0. The smallest absolute Gasteiger partial charge is 0.308 e. The van der Waals surface area contributed by atoms with Crippen LogP contribution in [0, 0.1) is 13.8 Å². The van der Waals surface area contributed by atoms with E-state index in [1.807, 2.05) is 56.9 Å². The molecule has 6 unspecified atom stereocenters. The summed E-state index contributed by atoms with van der Waals surface area (Å²) in [4.78, 5) is 17.8. The number of anilines is 1. The number of aromatic hydroxyl groups is 1. The van der Waals surface area contributed by atoms with Crippen LogP contribution in [-0.4, -0.2) is 98.0 Å². The number of nitrogens with zero attached hydrogens (tertiary/aromatic N) is 3. The Labute approximate surface area is 303 Å². The first-order valence-corrected chi connectivity index (χ1v) is 18.7. The number of aryl methyl sites for hydroxylation is 1. The van der Waals surface area contributed by atoms with Crippen LogP contribution in [0.1, 0.15) is 64.1 Å². The van der Waals surface area contributed by atoms with Crippen molar-refractivity contribution in [1.82, 2.24) is 15.1 Å². The molecular formula is C39H48N5O6S+. The van der Waals surface area contributed by atoms with E-state index in [9.17, 15) is 9.90 Å². The van der Waals surface area contributed by atoms with Gasteiger partial charge in [0.25, 0.3) is 0 Å². The molecule has 11 nitrogen and oxygen atoms in total. The number of carbonyl (C=O) groups is 1. The van der Waals surface area contributed by atoms with E-state index < -0.39 is 0 Å². The van der Waals surface area contributed by atoms with Crippen LogP contribution < -0.4 is 30.0 Å². The minimum absolute atomic E-state index is 0.0728. The number of thioether (sulfide) groups is 1. The molecule has 0 spiro atoms. The third-order valence-electron chi connectivity index (χ3n) is 11.9. The average Bonchev–Trinajstić information content (AvgIpc) is 3.73. The molecule has 0 amide bonds. The van der Waals surface area contributed by atoms with Gasteiger partial charge in [-0.2, -0.15) is 0 Å². The normalized spacial score (nSPS) is 28.3. The minimum Gasteiger partial charge on any atom is -0.504 e. The van der Waals surface area contributed by atoms with Crippen LogP contribution in [0.15, 0.2) is 42.1 Å². The molecular weight excluding hydrogens is 667 g/mol. The van der Waals surface area contributed by atoms with Gasteiger partial charge < -0.3 is 39.6 Å². The summed E-state index contributed by atoms with van der Waals surface area (Å²) in [7, 11) is 8.17. The van der Waals surface area contributed by atoms with Gasteiger partial charge in [0.05, 0.1) is 62.7 Å². The second-order valence-corrected chi connectivity index (χ2v) is 16.0. The molecule has 5 heterocycles. The number of ether oxygens (including phenoxy) is 4. The third kappa shape index (κ3) is 5.16. The molecule has 5 aliphatic heterocycles. The van der Waals surface area contributed by atoms with Gasteiger partial charge in [0, 0.05) is 54.4 Å². The number of esters is 1. The highest BCUT2D eigenvalue weighted by Gasteiger charge is 2.59. The van der Waals surface area contributed by atoms with Gasteiger partial charge in [-0.3, -0.25) is 14.6 Å². The third-order valence-corrected chi connectivity index (χ3v) is 13.3. The van der Waals surface area contributed by atoms with Crippen LogP contribution in [0.4, 0.5) is 5.69 Å². The van der Waals surface area contributed by atoms with Crippen LogP contribution in [0.2, 0.25) is 0 Å². The van der Waals surface area contributed by atoms with E-state index in [1.165, 1.54) is 23.8 Å². The van der Waals surface area contributed by atoms with Gasteiger partial charge in [-0.1, -0.05) is 24.3 Å². The number of methoxy groups -OCH3 is 1. The lowest BCUT2D eigenvalue weighted by molar-refractivity contribution is -0.929. The van der Waals surface area contributed by atoms with Crippen molar-refractivity contribution < 1.29 is 33.3 Å². The van der Waals surface area contributed by atoms with Crippen molar-refractivity contribution in [1.29, 1.82) is 0 Å². The molecule has 8 rings (SSSR count). The van der Waals surface area contributed by atoms with Crippen LogP contribution in [0.25, 0.3) is 5.57 Å². The maximum absolute atomic E-state index is 12.8. The van der Waals surface area contributed by atoms with Crippen LogP contribution in [-0.2, 0) is 4.79 Å². The SMILES string of the molecule is CNC1=C(c2ccc(N)cc2)CC[N+]2(C)CC3c4c5c(c(C)c(OC(C)=O)c4C(SCC12)C1C(c2ccc(C)c(OC)c2O)N(C)CN31)OCO5. The van der Waals surface area contributed by atoms with Crippen molar-refractivity contribution in [2.75, 3.05) is 66.3 Å². The molecule has 5 aliphatic rings. The summed E-state index contributed by atoms with van der Waals surface area (Å²) in [6.07, 6.45) is 0.911. The number of phenols is 1. The van der Waals surface area contributed by atoms with E-state index in [0.717, 1.165) is 69.0 Å². The van der Waals surface area contributed by atoms with E-state index in [2.05, 4.69) is 41.3 Å². The minimum atomic E-state index is -0.372. The molecule has 0 aromatic heterocycles. The van der Waals surface area contributed by atoms with Gasteiger partial charge in [0.15, 0.2) is 23.0 Å². The highest BCUT2D eigenvalue weighted by atomic mass is 32.2. The largest absolute Gasteiger partial charge is 0.504 e. The van der Waals surface area contributed by atoms with Gasteiger partial charge in [0.1, 0.15) is 11.8 Å². The fourth-order valence-electron chi connectivity index (χ4n) is 9.59. The summed E-state index contributed by atoms with van der Waals surface area (Å²) in [6.45, 7) is 7.90. The number of fused-ring (bicyclic) bond motifs is 5. The summed E-state index contributed by atoms with van der Waals surface area (Å²) < 4.78 is 25.2. The van der Waals surface area contributed by atoms with Crippen molar-refractivity contribution in [2.24, 2.45) is 0 Å². The van der Waals surface area contributed by atoms with Crippen LogP contribution >= 0.6 is 11.8 Å². The van der Waals surface area contributed by atoms with Gasteiger partial charge in [-0.15, -0.1) is 11.8 Å². The van der Waals surface area contributed by atoms with Crippen molar-refractivity contribution in [2.45, 2.75) is 56.6 Å². The summed E-state index contributed by atoms with van der Waals surface area (Å²) in [5.74, 6) is 3.09. The number of carbonyl (C=O) groups excluding carboxylic acids is 1. The molecule has 1 saturated heterocycles. The molecule has 6 atom stereocenters. The summed E-state index contributed by atoms with van der Waals surface area (Å²) in [6, 6.07) is 12.1. The molecule has 12 heteroatoms. The standard InChI is InChI=1S/C39H47N5O6S/c1-20-8-13-26(34(46)35(20)47-7)32-33-39-30-29(38-37(48-19-49-38)21(2)36(30)50-22(3)45)27(43(33)18-42(32)5)16-44(6)15-14-25(23-9-11-24(40)12-10-23)31(41-4)28(44)17-51-39/h8-13,27-28,32-33,39,41H,14-19,40H2,1-7H3/p+1. The van der Waals surface area contributed by atoms with Gasteiger partial charge >= 0.3 is 5.97 Å². The number of nitrogens with one attached hydrogen (secondary N) is 1.